The van der Waals surface area contributed by atoms with Gasteiger partial charge in [0.05, 0.1) is 15.9 Å². The van der Waals surface area contributed by atoms with Gasteiger partial charge in [0.25, 0.3) is 0 Å². The minimum absolute atomic E-state index is 0.0597. The van der Waals surface area contributed by atoms with Crippen LogP contribution in [0.4, 0.5) is 13.2 Å². The van der Waals surface area contributed by atoms with Crippen LogP contribution in [-0.2, 0) is 6.54 Å². The fraction of sp³-hybridized carbons (Fsp3) is 0.417. The van der Waals surface area contributed by atoms with Crippen LogP contribution in [0.25, 0.3) is 11.0 Å². The monoisotopic (exact) mass is 342 g/mol. The number of alkyl halides is 4. The van der Waals surface area contributed by atoms with Gasteiger partial charge in [0.1, 0.15) is 11.3 Å². The first kappa shape index (κ1) is 15.8. The summed E-state index contributed by atoms with van der Waals surface area (Å²) >= 11 is 12.0. The van der Waals surface area contributed by atoms with Crippen LogP contribution in [0.15, 0.2) is 18.2 Å². The van der Waals surface area contributed by atoms with Gasteiger partial charge in [-0.2, -0.15) is 13.2 Å². The number of halogens is 5. The van der Waals surface area contributed by atoms with Crippen molar-refractivity contribution in [1.82, 2.24) is 9.55 Å². The van der Waals surface area contributed by atoms with Crippen LogP contribution in [0.5, 0.6) is 0 Å². The van der Waals surface area contributed by atoms with Gasteiger partial charge in [0, 0.05) is 12.3 Å². The first-order valence-corrected chi connectivity index (χ1v) is 7.59. The number of nitrogens with zero attached hydrogens (tertiary/aromatic N) is 2. The summed E-state index contributed by atoms with van der Waals surface area (Å²) < 4.78 is 38.3. The van der Waals surface area contributed by atoms with Gasteiger partial charge in [-0.1, -0.05) is 17.7 Å². The third-order valence-corrected chi connectivity index (χ3v) is 3.91. The van der Waals surface area contributed by atoms with Gasteiger partial charge in [-0.25, -0.2) is 4.98 Å². The topological polar surface area (TPSA) is 17.8 Å². The maximum absolute atomic E-state index is 12.2. The highest BCUT2D eigenvalue weighted by Gasteiger charge is 2.28. The third kappa shape index (κ3) is 3.54. The summed E-state index contributed by atoms with van der Waals surface area (Å²) in [6.07, 6.45) is 0. The van der Waals surface area contributed by atoms with Crippen LogP contribution in [0.1, 0.15) is 18.1 Å². The Morgan fingerprint density at radius 2 is 2.10 bits per heavy atom. The van der Waals surface area contributed by atoms with Gasteiger partial charge >= 0.3 is 5.51 Å². The third-order valence-electron chi connectivity index (χ3n) is 2.70. The van der Waals surface area contributed by atoms with Crippen LogP contribution in [0.2, 0.25) is 5.02 Å². The van der Waals surface area contributed by atoms with E-state index in [0.717, 1.165) is 0 Å². The Balaban J connectivity index is 2.34. The first-order chi connectivity index (χ1) is 9.29. The molecule has 0 spiro atoms. The molecular weight excluding hydrogens is 332 g/mol. The minimum atomic E-state index is -4.24. The summed E-state index contributed by atoms with van der Waals surface area (Å²) in [6, 6.07) is 5.20. The number of rotatable bonds is 4. The number of hydrogen-bond donors (Lipinski definition) is 0. The highest BCUT2D eigenvalue weighted by Crippen LogP contribution is 2.32. The summed E-state index contributed by atoms with van der Waals surface area (Å²) in [5.74, 6) is 0.426. The van der Waals surface area contributed by atoms with Crippen molar-refractivity contribution in [2.75, 3.05) is 5.75 Å². The normalized spacial score (nSPS) is 13.9. The molecule has 2 rings (SSSR count). The molecule has 1 heterocycles. The lowest BCUT2D eigenvalue weighted by molar-refractivity contribution is -0.0328. The first-order valence-electron chi connectivity index (χ1n) is 5.79. The van der Waals surface area contributed by atoms with E-state index in [1.54, 1.807) is 29.7 Å². The minimum Gasteiger partial charge on any atom is -0.326 e. The van der Waals surface area contributed by atoms with E-state index < -0.39 is 10.9 Å². The van der Waals surface area contributed by atoms with Crippen molar-refractivity contribution in [3.05, 3.63) is 29.0 Å². The molecule has 0 aliphatic rings. The number of aromatic nitrogens is 2. The molecule has 1 atom stereocenters. The Bertz CT molecular complexity index is 611. The Labute approximate surface area is 128 Å². The van der Waals surface area contributed by atoms with Gasteiger partial charge in [-0.05, 0) is 30.8 Å². The van der Waals surface area contributed by atoms with Crippen molar-refractivity contribution in [2.45, 2.75) is 24.4 Å². The molecule has 20 heavy (non-hydrogen) atoms. The molecule has 0 amide bonds. The average molecular weight is 343 g/mol. The largest absolute Gasteiger partial charge is 0.441 e. The zero-order valence-corrected chi connectivity index (χ0v) is 12.7. The number of hydrogen-bond acceptors (Lipinski definition) is 2. The van der Waals surface area contributed by atoms with E-state index in [-0.39, 0.29) is 24.1 Å². The van der Waals surface area contributed by atoms with E-state index in [1.165, 1.54) is 0 Å². The Hall–Kier alpha value is -0.590. The molecule has 0 N–H and O–H groups in total. The predicted molar refractivity (Wildman–Crippen MR) is 77.5 cm³/mol. The van der Waals surface area contributed by atoms with Gasteiger partial charge in [-0.15, -0.1) is 11.6 Å². The van der Waals surface area contributed by atoms with Gasteiger partial charge in [0.15, 0.2) is 0 Å². The molecular formula is C12H11Cl2F3N2S. The number of imidazole rings is 1. The van der Waals surface area contributed by atoms with Crippen molar-refractivity contribution in [3.63, 3.8) is 0 Å². The lowest BCUT2D eigenvalue weighted by Gasteiger charge is -2.11. The Morgan fingerprint density at radius 3 is 2.70 bits per heavy atom. The summed E-state index contributed by atoms with van der Waals surface area (Å²) in [5, 5.41) is 0.0534. The molecule has 0 aliphatic heterocycles. The summed E-state index contributed by atoms with van der Waals surface area (Å²) in [4.78, 5) is 4.34. The number of para-hydroxylation sites is 1. The van der Waals surface area contributed by atoms with E-state index in [2.05, 4.69) is 4.98 Å². The van der Waals surface area contributed by atoms with Crippen LogP contribution in [-0.4, -0.2) is 20.8 Å². The molecule has 110 valence electrons. The molecule has 2 aromatic rings. The quantitative estimate of drug-likeness (QED) is 0.707. The average Bonchev–Trinajstić information content (AvgIpc) is 2.68. The fourth-order valence-corrected chi connectivity index (χ4v) is 2.81. The molecule has 1 aromatic heterocycles. The highest BCUT2D eigenvalue weighted by atomic mass is 35.5. The number of fused-ring (bicyclic) bond motifs is 1. The van der Waals surface area contributed by atoms with E-state index in [0.29, 0.717) is 21.9 Å². The van der Waals surface area contributed by atoms with E-state index in [9.17, 15) is 13.2 Å². The number of aryl methyl sites for hydroxylation is 1. The van der Waals surface area contributed by atoms with Crippen LogP contribution in [0.3, 0.4) is 0 Å². The lowest BCUT2D eigenvalue weighted by atomic mass is 10.3. The maximum Gasteiger partial charge on any atom is 0.441 e. The molecule has 1 unspecified atom stereocenters. The van der Waals surface area contributed by atoms with Crippen molar-refractivity contribution in [3.8, 4) is 0 Å². The SMILES string of the molecule is CC(Cl)c1nc2c(Cl)cccc2n1CCSC(F)(F)F. The van der Waals surface area contributed by atoms with E-state index in [1.807, 2.05) is 0 Å². The second kappa shape index (κ2) is 6.03. The van der Waals surface area contributed by atoms with Crippen LogP contribution >= 0.6 is 35.0 Å². The highest BCUT2D eigenvalue weighted by molar-refractivity contribution is 8.00. The van der Waals surface area contributed by atoms with E-state index in [4.69, 9.17) is 23.2 Å². The van der Waals surface area contributed by atoms with Crippen molar-refractivity contribution < 1.29 is 13.2 Å². The standard InChI is InChI=1S/C12H11Cl2F3N2S/c1-7(13)11-18-10-8(14)3-2-4-9(10)19(11)5-6-20-12(15,16)17/h2-4,7H,5-6H2,1H3. The Morgan fingerprint density at radius 1 is 1.40 bits per heavy atom. The predicted octanol–water partition coefficient (Wildman–Crippen LogP) is 5.24. The van der Waals surface area contributed by atoms with Crippen LogP contribution < -0.4 is 0 Å². The summed E-state index contributed by atoms with van der Waals surface area (Å²) in [7, 11) is 0. The molecule has 0 fully saturated rings. The molecule has 2 nitrogen and oxygen atoms in total. The molecule has 1 aromatic carbocycles. The van der Waals surface area contributed by atoms with Crippen LogP contribution in [0, 0.1) is 0 Å². The second-order valence-electron chi connectivity index (χ2n) is 4.14. The van der Waals surface area contributed by atoms with Crippen molar-refractivity contribution in [1.29, 1.82) is 0 Å². The van der Waals surface area contributed by atoms with Gasteiger partial charge < -0.3 is 4.57 Å². The fourth-order valence-electron chi connectivity index (χ4n) is 1.92. The van der Waals surface area contributed by atoms with Crippen molar-refractivity contribution in [2.24, 2.45) is 0 Å². The van der Waals surface area contributed by atoms with Crippen molar-refractivity contribution >= 4 is 46.0 Å². The van der Waals surface area contributed by atoms with Gasteiger partial charge in [0.2, 0.25) is 0 Å². The Kier molecular flexibility index (Phi) is 4.76. The smallest absolute Gasteiger partial charge is 0.326 e. The molecule has 0 saturated carbocycles. The van der Waals surface area contributed by atoms with Gasteiger partial charge in [-0.3, -0.25) is 0 Å². The molecule has 0 aliphatic carbocycles. The number of thioether (sulfide) groups is 1. The maximum atomic E-state index is 12.2. The zero-order chi connectivity index (χ0) is 14.9. The number of benzene rings is 1. The zero-order valence-electron chi connectivity index (χ0n) is 10.4. The summed E-state index contributed by atoms with van der Waals surface area (Å²) in [6.45, 7) is 1.90. The molecule has 8 heteroatoms. The molecule has 0 bridgehead atoms. The second-order valence-corrected chi connectivity index (χ2v) is 6.36. The van der Waals surface area contributed by atoms with E-state index >= 15 is 0 Å². The molecule has 0 saturated heterocycles. The summed E-state index contributed by atoms with van der Waals surface area (Å²) in [5.41, 5.74) is -2.97. The molecule has 0 radical (unpaired) electrons. The lowest BCUT2D eigenvalue weighted by Crippen LogP contribution is -2.10.